The highest BCUT2D eigenvalue weighted by molar-refractivity contribution is 6.29. The molecule has 0 spiro atoms. The molecule has 8 nitrogen and oxygen atoms in total. The van der Waals surface area contributed by atoms with Crippen molar-refractivity contribution in [2.45, 2.75) is 12.5 Å². The molecule has 0 radical (unpaired) electrons. The largest absolute Gasteiger partial charge is 0.481 e. The summed E-state index contributed by atoms with van der Waals surface area (Å²) in [6.07, 6.45) is 1.43. The third-order valence-electron chi connectivity index (χ3n) is 1.84. The highest BCUT2D eigenvalue weighted by Crippen LogP contribution is 2.02. The van der Waals surface area contributed by atoms with Crippen LogP contribution in [0.25, 0.3) is 0 Å². The number of carbonyl (C=O) groups excluding carboxylic acids is 1. The highest BCUT2D eigenvalue weighted by atomic mass is 35.5. The topological polar surface area (TPSA) is 129 Å². The molecule has 0 aliphatic carbocycles. The van der Waals surface area contributed by atoms with Crippen molar-refractivity contribution in [3.8, 4) is 0 Å². The molecule has 1 aromatic rings. The van der Waals surface area contributed by atoms with Crippen molar-refractivity contribution in [1.29, 1.82) is 0 Å². The lowest BCUT2D eigenvalue weighted by Gasteiger charge is -2.11. The maximum absolute atomic E-state index is 11.5. The number of carbonyl (C=O) groups is 3. The lowest BCUT2D eigenvalue weighted by atomic mass is 10.2. The van der Waals surface area contributed by atoms with E-state index in [-0.39, 0.29) is 10.8 Å². The van der Waals surface area contributed by atoms with Crippen LogP contribution in [0.3, 0.4) is 0 Å². The molecule has 0 saturated heterocycles. The van der Waals surface area contributed by atoms with Crippen LogP contribution >= 0.6 is 11.6 Å². The summed E-state index contributed by atoms with van der Waals surface area (Å²) in [4.78, 5) is 39.9. The van der Waals surface area contributed by atoms with Crippen LogP contribution in [0.15, 0.2) is 12.4 Å². The average Bonchev–Trinajstić information content (AvgIpc) is 2.28. The van der Waals surface area contributed by atoms with E-state index in [1.54, 1.807) is 0 Å². The fourth-order valence-corrected chi connectivity index (χ4v) is 1.13. The van der Waals surface area contributed by atoms with Crippen molar-refractivity contribution in [3.05, 3.63) is 23.2 Å². The number of hydrogen-bond acceptors (Lipinski definition) is 5. The van der Waals surface area contributed by atoms with Crippen molar-refractivity contribution in [2.24, 2.45) is 0 Å². The molecule has 9 heteroatoms. The molecule has 0 aromatic carbocycles. The Morgan fingerprint density at radius 1 is 1.28 bits per heavy atom. The van der Waals surface area contributed by atoms with Crippen LogP contribution in [0.2, 0.25) is 5.15 Å². The van der Waals surface area contributed by atoms with Gasteiger partial charge in [-0.3, -0.25) is 9.59 Å². The van der Waals surface area contributed by atoms with Gasteiger partial charge in [0.25, 0.3) is 5.91 Å². The number of rotatable bonds is 5. The number of carboxylic acid groups (broad SMARTS) is 2. The van der Waals surface area contributed by atoms with Crippen molar-refractivity contribution in [3.63, 3.8) is 0 Å². The molecule has 1 atom stereocenters. The number of aliphatic carboxylic acids is 2. The second-order valence-corrected chi connectivity index (χ2v) is 3.57. The Morgan fingerprint density at radius 3 is 2.39 bits per heavy atom. The molecule has 0 fully saturated rings. The van der Waals surface area contributed by atoms with E-state index in [1.165, 1.54) is 0 Å². The lowest BCUT2D eigenvalue weighted by molar-refractivity contribution is -0.145. The molecule has 0 aliphatic heterocycles. The van der Waals surface area contributed by atoms with Gasteiger partial charge in [0.05, 0.1) is 18.8 Å². The van der Waals surface area contributed by atoms with Crippen LogP contribution < -0.4 is 5.32 Å². The second kappa shape index (κ2) is 5.92. The SMILES string of the molecule is O=C(O)CC(NC(=O)c1cnc(Cl)cn1)C(=O)O. The molecule has 96 valence electrons. The van der Waals surface area contributed by atoms with Gasteiger partial charge in [-0.2, -0.15) is 0 Å². The van der Waals surface area contributed by atoms with Crippen LogP contribution in [-0.4, -0.2) is 44.1 Å². The predicted octanol–water partition coefficient (Wildman–Crippen LogP) is -0.212. The van der Waals surface area contributed by atoms with E-state index in [9.17, 15) is 14.4 Å². The maximum atomic E-state index is 11.5. The Bertz CT molecular complexity index is 476. The number of hydrogen-bond donors (Lipinski definition) is 3. The number of amides is 1. The second-order valence-electron chi connectivity index (χ2n) is 3.19. The van der Waals surface area contributed by atoms with Gasteiger partial charge in [-0.15, -0.1) is 0 Å². The summed E-state index contributed by atoms with van der Waals surface area (Å²) in [6, 6.07) is -1.53. The number of halogens is 1. The highest BCUT2D eigenvalue weighted by Gasteiger charge is 2.24. The Kier molecular flexibility index (Phi) is 4.55. The van der Waals surface area contributed by atoms with Crippen LogP contribution in [0.5, 0.6) is 0 Å². The summed E-state index contributed by atoms with van der Waals surface area (Å²) in [5, 5.41) is 19.3. The van der Waals surface area contributed by atoms with E-state index in [0.29, 0.717) is 0 Å². The van der Waals surface area contributed by atoms with E-state index in [1.807, 2.05) is 5.32 Å². The van der Waals surface area contributed by atoms with Crippen LogP contribution in [0.4, 0.5) is 0 Å². The fraction of sp³-hybridized carbons (Fsp3) is 0.222. The zero-order valence-electron chi connectivity index (χ0n) is 8.83. The minimum Gasteiger partial charge on any atom is -0.481 e. The molecule has 1 heterocycles. The van der Waals surface area contributed by atoms with Gasteiger partial charge >= 0.3 is 11.9 Å². The molecule has 3 N–H and O–H groups in total. The lowest BCUT2D eigenvalue weighted by Crippen LogP contribution is -2.42. The number of carboxylic acids is 2. The first-order valence-electron chi connectivity index (χ1n) is 4.63. The minimum atomic E-state index is -1.53. The minimum absolute atomic E-state index is 0.0758. The van der Waals surface area contributed by atoms with Crippen molar-refractivity contribution in [2.75, 3.05) is 0 Å². The van der Waals surface area contributed by atoms with Crippen LogP contribution in [-0.2, 0) is 9.59 Å². The fourth-order valence-electron chi connectivity index (χ4n) is 1.04. The third-order valence-corrected chi connectivity index (χ3v) is 2.03. The van der Waals surface area contributed by atoms with E-state index in [0.717, 1.165) is 12.4 Å². The normalized spacial score (nSPS) is 11.6. The van der Waals surface area contributed by atoms with Gasteiger partial charge in [0.15, 0.2) is 0 Å². The first-order valence-corrected chi connectivity index (χ1v) is 5.01. The summed E-state index contributed by atoms with van der Waals surface area (Å²) < 4.78 is 0. The number of aromatic nitrogens is 2. The molecule has 0 bridgehead atoms. The van der Waals surface area contributed by atoms with Gasteiger partial charge in [-0.1, -0.05) is 11.6 Å². The summed E-state index contributed by atoms with van der Waals surface area (Å²) in [6.45, 7) is 0. The molecule has 0 saturated carbocycles. The van der Waals surface area contributed by atoms with Crippen molar-refractivity contribution < 1.29 is 24.6 Å². The summed E-state index contributed by atoms with van der Waals surface area (Å²) in [5.41, 5.74) is -0.156. The zero-order valence-corrected chi connectivity index (χ0v) is 9.59. The maximum Gasteiger partial charge on any atom is 0.326 e. The van der Waals surface area contributed by atoms with Crippen molar-refractivity contribution in [1.82, 2.24) is 15.3 Å². The first kappa shape index (κ1) is 13.8. The molecule has 1 aromatic heterocycles. The van der Waals surface area contributed by atoms with Gasteiger partial charge in [-0.25, -0.2) is 14.8 Å². The molecular weight excluding hydrogens is 266 g/mol. The van der Waals surface area contributed by atoms with Crippen molar-refractivity contribution >= 4 is 29.4 Å². The summed E-state index contributed by atoms with van der Waals surface area (Å²) in [5.74, 6) is -3.63. The third kappa shape index (κ3) is 3.98. The van der Waals surface area contributed by atoms with Crippen LogP contribution in [0, 0.1) is 0 Å². The van der Waals surface area contributed by atoms with Gasteiger partial charge in [0, 0.05) is 0 Å². The van der Waals surface area contributed by atoms with E-state index < -0.39 is 30.3 Å². The Morgan fingerprint density at radius 2 is 1.94 bits per heavy atom. The Balaban J connectivity index is 2.75. The van der Waals surface area contributed by atoms with E-state index >= 15 is 0 Å². The van der Waals surface area contributed by atoms with E-state index in [2.05, 4.69) is 9.97 Å². The zero-order chi connectivity index (χ0) is 13.7. The molecule has 1 amide bonds. The monoisotopic (exact) mass is 273 g/mol. The van der Waals surface area contributed by atoms with Crippen LogP contribution in [0.1, 0.15) is 16.9 Å². The van der Waals surface area contributed by atoms with Gasteiger partial charge in [0.1, 0.15) is 16.9 Å². The van der Waals surface area contributed by atoms with Gasteiger partial charge in [-0.05, 0) is 0 Å². The van der Waals surface area contributed by atoms with E-state index in [4.69, 9.17) is 21.8 Å². The quantitative estimate of drug-likeness (QED) is 0.676. The first-order chi connectivity index (χ1) is 8.40. The van der Waals surface area contributed by atoms with Gasteiger partial charge in [0.2, 0.25) is 0 Å². The molecular formula is C9H8ClN3O5. The number of nitrogens with zero attached hydrogens (tertiary/aromatic N) is 2. The predicted molar refractivity (Wildman–Crippen MR) is 58.2 cm³/mol. The molecule has 1 unspecified atom stereocenters. The Hall–Kier alpha value is -2.22. The summed E-state index contributed by atoms with van der Waals surface area (Å²) >= 11 is 5.46. The molecule has 0 aliphatic rings. The smallest absolute Gasteiger partial charge is 0.326 e. The Labute approximate surface area is 106 Å². The molecule has 1 rings (SSSR count). The number of nitrogens with one attached hydrogen (secondary N) is 1. The standard InChI is InChI=1S/C9H8ClN3O5/c10-6-3-11-5(2-12-6)8(16)13-4(9(17)18)1-7(14)15/h2-4H,1H2,(H,13,16)(H,14,15)(H,17,18). The average molecular weight is 274 g/mol. The van der Waals surface area contributed by atoms with Gasteiger partial charge < -0.3 is 15.5 Å². The molecule has 18 heavy (non-hydrogen) atoms. The summed E-state index contributed by atoms with van der Waals surface area (Å²) in [7, 11) is 0.